The molecule has 6 heteroatoms. The van der Waals surface area contributed by atoms with Crippen LogP contribution >= 0.6 is 0 Å². The van der Waals surface area contributed by atoms with Crippen molar-refractivity contribution in [3.8, 4) is 0 Å². The predicted molar refractivity (Wildman–Crippen MR) is 108 cm³/mol. The van der Waals surface area contributed by atoms with E-state index in [0.717, 1.165) is 57.7 Å². The lowest BCUT2D eigenvalue weighted by Crippen LogP contribution is -2.45. The lowest BCUT2D eigenvalue weighted by molar-refractivity contribution is 0.0704. The minimum absolute atomic E-state index is 0.0625. The monoisotopic (exact) mass is 382 g/mol. The van der Waals surface area contributed by atoms with E-state index in [-0.39, 0.29) is 11.9 Å². The van der Waals surface area contributed by atoms with E-state index in [1.54, 1.807) is 0 Å². The zero-order chi connectivity index (χ0) is 19.5. The van der Waals surface area contributed by atoms with Crippen LogP contribution < -0.4 is 0 Å². The summed E-state index contributed by atoms with van der Waals surface area (Å²) in [5, 5.41) is 4.08. The van der Waals surface area contributed by atoms with E-state index in [0.29, 0.717) is 12.2 Å². The largest absolute Gasteiger partial charge is 0.359 e. The van der Waals surface area contributed by atoms with E-state index in [2.05, 4.69) is 46.1 Å². The topological polar surface area (TPSA) is 52.8 Å². The molecule has 0 saturated carbocycles. The van der Waals surface area contributed by atoms with Crippen molar-refractivity contribution in [2.45, 2.75) is 38.8 Å². The molecule has 2 aromatic rings. The highest BCUT2D eigenvalue weighted by Gasteiger charge is 2.29. The van der Waals surface area contributed by atoms with E-state index >= 15 is 0 Å². The molecule has 0 spiro atoms. The molecular formula is C22H30N4O2. The summed E-state index contributed by atoms with van der Waals surface area (Å²) in [6.07, 6.45) is 3.19. The average Bonchev–Trinajstić information content (AvgIpc) is 3.21. The Morgan fingerprint density at radius 2 is 1.96 bits per heavy atom. The van der Waals surface area contributed by atoms with E-state index in [1.807, 2.05) is 18.0 Å². The second kappa shape index (κ2) is 8.45. The average molecular weight is 383 g/mol. The maximum Gasteiger partial charge on any atom is 0.276 e. The normalized spacial score (nSPS) is 20.7. The van der Waals surface area contributed by atoms with Gasteiger partial charge >= 0.3 is 0 Å². The zero-order valence-electron chi connectivity index (χ0n) is 16.9. The number of aryl methyl sites for hydroxylation is 1. The van der Waals surface area contributed by atoms with Crippen LogP contribution in [0.5, 0.6) is 0 Å². The van der Waals surface area contributed by atoms with Gasteiger partial charge in [0.15, 0.2) is 11.5 Å². The van der Waals surface area contributed by atoms with Crippen molar-refractivity contribution in [3.05, 3.63) is 52.9 Å². The molecule has 0 bridgehead atoms. The second-order valence-electron chi connectivity index (χ2n) is 7.91. The molecule has 6 nitrogen and oxygen atoms in total. The van der Waals surface area contributed by atoms with Crippen LogP contribution in [0.4, 0.5) is 0 Å². The van der Waals surface area contributed by atoms with Crippen LogP contribution in [-0.4, -0.2) is 65.5 Å². The summed E-state index contributed by atoms with van der Waals surface area (Å²) in [6.45, 7) is 8.23. The van der Waals surface area contributed by atoms with Gasteiger partial charge in [0.2, 0.25) is 0 Å². The summed E-state index contributed by atoms with van der Waals surface area (Å²) in [5.41, 5.74) is 3.03. The second-order valence-corrected chi connectivity index (χ2v) is 7.91. The third-order valence-corrected chi connectivity index (χ3v) is 6.20. The molecule has 1 aliphatic carbocycles. The highest BCUT2D eigenvalue weighted by molar-refractivity contribution is 5.92. The molecule has 2 aliphatic rings. The fourth-order valence-electron chi connectivity index (χ4n) is 4.43. The van der Waals surface area contributed by atoms with Gasteiger partial charge in [-0.25, -0.2) is 0 Å². The highest BCUT2D eigenvalue weighted by Crippen LogP contribution is 2.34. The Morgan fingerprint density at radius 3 is 2.75 bits per heavy atom. The van der Waals surface area contributed by atoms with Crippen LogP contribution in [0.25, 0.3) is 0 Å². The van der Waals surface area contributed by atoms with Gasteiger partial charge in [0.05, 0.1) is 12.6 Å². The molecule has 4 rings (SSSR count). The summed E-state index contributed by atoms with van der Waals surface area (Å²) < 4.78 is 5.50. The van der Waals surface area contributed by atoms with E-state index in [9.17, 15) is 4.79 Å². The molecule has 1 saturated heterocycles. The van der Waals surface area contributed by atoms with Gasteiger partial charge in [-0.3, -0.25) is 9.69 Å². The molecule has 0 N–H and O–H groups in total. The van der Waals surface area contributed by atoms with Gasteiger partial charge in [-0.2, -0.15) is 0 Å². The third kappa shape index (κ3) is 3.98. The van der Waals surface area contributed by atoms with Crippen molar-refractivity contribution in [3.63, 3.8) is 0 Å². The molecule has 0 unspecified atom stereocenters. The molecular weight excluding hydrogens is 352 g/mol. The quantitative estimate of drug-likeness (QED) is 0.796. The predicted octanol–water partition coefficient (Wildman–Crippen LogP) is 2.96. The number of amides is 1. The summed E-state index contributed by atoms with van der Waals surface area (Å²) in [4.78, 5) is 19.7. The first-order valence-electron chi connectivity index (χ1n) is 10.4. The maximum absolute atomic E-state index is 13.0. The minimum atomic E-state index is -0.0625. The van der Waals surface area contributed by atoms with Crippen molar-refractivity contribution < 1.29 is 9.32 Å². The maximum atomic E-state index is 13.0. The molecule has 2 heterocycles. The zero-order valence-corrected chi connectivity index (χ0v) is 16.9. The van der Waals surface area contributed by atoms with Crippen molar-refractivity contribution in [1.82, 2.24) is 19.9 Å². The number of nitrogens with zero attached hydrogens (tertiary/aromatic N) is 4. The first-order chi connectivity index (χ1) is 13.7. The third-order valence-electron chi connectivity index (χ3n) is 6.20. The minimum Gasteiger partial charge on any atom is -0.359 e. The van der Waals surface area contributed by atoms with E-state index in [1.165, 1.54) is 11.1 Å². The van der Waals surface area contributed by atoms with Crippen LogP contribution in [0, 0.1) is 0 Å². The van der Waals surface area contributed by atoms with Gasteiger partial charge in [-0.05, 0) is 36.9 Å². The van der Waals surface area contributed by atoms with Gasteiger partial charge < -0.3 is 14.3 Å². The number of benzene rings is 1. The number of likely N-dealkylation sites (N-methyl/N-ethyl adjacent to an activating group) is 1. The van der Waals surface area contributed by atoms with Crippen molar-refractivity contribution >= 4 is 5.91 Å². The SMILES string of the molecule is CCN1CCN(Cc2cc(C(=O)N(C)[C@@H]3CCCc4ccccc43)no2)CC1. The molecule has 1 aromatic heterocycles. The van der Waals surface area contributed by atoms with E-state index in [4.69, 9.17) is 4.52 Å². The van der Waals surface area contributed by atoms with Gasteiger partial charge in [0.1, 0.15) is 0 Å². The summed E-state index contributed by atoms with van der Waals surface area (Å²) in [6, 6.07) is 10.4. The molecule has 1 amide bonds. The number of hydrogen-bond donors (Lipinski definition) is 0. The smallest absolute Gasteiger partial charge is 0.276 e. The Bertz CT molecular complexity index is 810. The number of carbonyl (C=O) groups is 1. The van der Waals surface area contributed by atoms with Crippen LogP contribution in [0.3, 0.4) is 0 Å². The molecule has 1 atom stereocenters. The first-order valence-corrected chi connectivity index (χ1v) is 10.4. The molecule has 28 heavy (non-hydrogen) atoms. The van der Waals surface area contributed by atoms with Gasteiger partial charge in [-0.1, -0.05) is 36.3 Å². The number of fused-ring (bicyclic) bond motifs is 1. The lowest BCUT2D eigenvalue weighted by Gasteiger charge is -2.33. The Kier molecular flexibility index (Phi) is 5.78. The Morgan fingerprint density at radius 1 is 1.21 bits per heavy atom. The fourth-order valence-corrected chi connectivity index (χ4v) is 4.43. The van der Waals surface area contributed by atoms with Crippen LogP contribution in [0.2, 0.25) is 0 Å². The molecule has 0 radical (unpaired) electrons. The Hall–Kier alpha value is -2.18. The summed E-state index contributed by atoms with van der Waals surface area (Å²) >= 11 is 0. The summed E-state index contributed by atoms with van der Waals surface area (Å²) in [5.74, 6) is 0.707. The first kappa shape index (κ1) is 19.2. The van der Waals surface area contributed by atoms with Crippen molar-refractivity contribution in [2.75, 3.05) is 39.8 Å². The Labute approximate surface area is 167 Å². The number of hydrogen-bond acceptors (Lipinski definition) is 5. The highest BCUT2D eigenvalue weighted by atomic mass is 16.5. The van der Waals surface area contributed by atoms with Gasteiger partial charge in [0.25, 0.3) is 5.91 Å². The van der Waals surface area contributed by atoms with Crippen molar-refractivity contribution in [2.24, 2.45) is 0 Å². The van der Waals surface area contributed by atoms with Crippen molar-refractivity contribution in [1.29, 1.82) is 0 Å². The van der Waals surface area contributed by atoms with Crippen LogP contribution in [0.1, 0.15) is 53.2 Å². The molecule has 150 valence electrons. The van der Waals surface area contributed by atoms with Gasteiger partial charge in [0, 0.05) is 39.3 Å². The van der Waals surface area contributed by atoms with Crippen LogP contribution in [-0.2, 0) is 13.0 Å². The number of rotatable bonds is 5. The molecule has 1 fully saturated rings. The standard InChI is InChI=1S/C22H30N4O2/c1-3-25-11-13-26(14-12-25)16-18-15-20(23-28-18)22(27)24(2)21-10-6-8-17-7-4-5-9-19(17)21/h4-5,7,9,15,21H,3,6,8,10-14,16H2,1-2H3/t21-/m1/s1. The lowest BCUT2D eigenvalue weighted by atomic mass is 9.87. The number of aromatic nitrogens is 1. The number of piperazine rings is 1. The Balaban J connectivity index is 1.41. The van der Waals surface area contributed by atoms with Gasteiger partial charge in [-0.15, -0.1) is 0 Å². The molecule has 1 aliphatic heterocycles. The fraction of sp³-hybridized carbons (Fsp3) is 0.545. The number of carbonyl (C=O) groups excluding carboxylic acids is 1. The summed E-state index contributed by atoms with van der Waals surface area (Å²) in [7, 11) is 1.88. The molecule has 1 aromatic carbocycles. The van der Waals surface area contributed by atoms with E-state index < -0.39 is 0 Å². The van der Waals surface area contributed by atoms with Crippen LogP contribution in [0.15, 0.2) is 34.9 Å².